The molecule has 4 aliphatic rings. The van der Waals surface area contributed by atoms with Crippen LogP contribution in [0.5, 0.6) is 5.75 Å². The summed E-state index contributed by atoms with van der Waals surface area (Å²) in [6.45, 7) is 5.90. The normalized spacial score (nSPS) is 24.6. The Kier molecular flexibility index (Phi) is 10.3. The number of nitrogens with zero attached hydrogens (tertiary/aromatic N) is 5. The van der Waals surface area contributed by atoms with Crippen LogP contribution in [0.3, 0.4) is 0 Å². The zero-order valence-corrected chi connectivity index (χ0v) is 33.4. The molecule has 54 heavy (non-hydrogen) atoms. The van der Waals surface area contributed by atoms with Gasteiger partial charge < -0.3 is 28.7 Å². The topological polar surface area (TPSA) is 134 Å². The van der Waals surface area contributed by atoms with Crippen molar-refractivity contribution in [3.63, 3.8) is 0 Å². The van der Waals surface area contributed by atoms with Crippen molar-refractivity contribution in [3.8, 4) is 17.0 Å². The summed E-state index contributed by atoms with van der Waals surface area (Å²) in [4.78, 5) is 48.7. The van der Waals surface area contributed by atoms with Crippen molar-refractivity contribution in [1.29, 1.82) is 0 Å². The van der Waals surface area contributed by atoms with Gasteiger partial charge in [0.05, 0.1) is 37.0 Å². The highest BCUT2D eigenvalue weighted by Crippen LogP contribution is 2.55. The molecule has 0 unspecified atom stereocenters. The first-order valence-electron chi connectivity index (χ1n) is 19.1. The molecule has 1 aromatic heterocycles. The van der Waals surface area contributed by atoms with Crippen LogP contribution in [0, 0.1) is 5.41 Å². The van der Waals surface area contributed by atoms with Crippen LogP contribution in [0.2, 0.25) is 0 Å². The summed E-state index contributed by atoms with van der Waals surface area (Å²) >= 11 is 0. The maximum Gasteiger partial charge on any atom is 0.303 e. The molecule has 0 bridgehead atoms. The third-order valence-corrected chi connectivity index (χ3v) is 13.3. The maximum atomic E-state index is 15.5. The SMILES string of the molecule is COc1ccc2c(c1)[C@H]1CN(C(=O)CN(C)C)C[C@]1(C(=O)N1C[C@@H](C)O[C@@H](C)C1)Cn1c-2c(C2CCCCC2)c2ccc(C(=O)NS(=O)(=O)N(C)C)cc21. The number of nitrogens with one attached hydrogen (secondary N) is 1. The average molecular weight is 763 g/mol. The maximum absolute atomic E-state index is 15.5. The Labute approximate surface area is 318 Å². The summed E-state index contributed by atoms with van der Waals surface area (Å²) in [5, 5.41) is 0.985. The fourth-order valence-corrected chi connectivity index (χ4v) is 10.0. The van der Waals surface area contributed by atoms with Gasteiger partial charge in [-0.05, 0) is 88.2 Å². The van der Waals surface area contributed by atoms with E-state index in [2.05, 4.69) is 21.4 Å². The first-order chi connectivity index (χ1) is 25.6. The Bertz CT molecular complexity index is 2060. The number of fused-ring (bicyclic) bond motifs is 7. The first kappa shape index (κ1) is 38.3. The summed E-state index contributed by atoms with van der Waals surface area (Å²) in [5.41, 5.74) is 4.05. The third kappa shape index (κ3) is 6.79. The van der Waals surface area contributed by atoms with Crippen LogP contribution in [-0.4, -0.2) is 130 Å². The van der Waals surface area contributed by atoms with Crippen LogP contribution in [0.1, 0.15) is 79.3 Å². The molecule has 3 fully saturated rings. The molecule has 7 rings (SSSR count). The molecule has 2 saturated heterocycles. The molecule has 0 radical (unpaired) electrons. The second-order valence-corrected chi connectivity index (χ2v) is 18.2. The van der Waals surface area contributed by atoms with Crippen LogP contribution in [0.4, 0.5) is 0 Å². The van der Waals surface area contributed by atoms with Crippen LogP contribution >= 0.6 is 0 Å². The van der Waals surface area contributed by atoms with E-state index in [0.717, 1.165) is 57.7 Å². The molecule has 14 heteroatoms. The van der Waals surface area contributed by atoms with Crippen molar-refractivity contribution >= 4 is 38.8 Å². The minimum atomic E-state index is -4.04. The van der Waals surface area contributed by atoms with Crippen LogP contribution < -0.4 is 9.46 Å². The lowest BCUT2D eigenvalue weighted by atomic mass is 9.72. The van der Waals surface area contributed by atoms with E-state index in [1.54, 1.807) is 19.2 Å². The van der Waals surface area contributed by atoms with Crippen LogP contribution in [0.15, 0.2) is 36.4 Å². The first-order valence-corrected chi connectivity index (χ1v) is 20.5. The molecule has 0 spiro atoms. The van der Waals surface area contributed by atoms with Gasteiger partial charge in [0.2, 0.25) is 11.8 Å². The molecule has 4 atom stereocenters. The van der Waals surface area contributed by atoms with Crippen molar-refractivity contribution in [2.75, 3.05) is 68.0 Å². The van der Waals surface area contributed by atoms with Crippen LogP contribution in [0.25, 0.3) is 22.2 Å². The van der Waals surface area contributed by atoms with Crippen molar-refractivity contribution in [3.05, 3.63) is 53.1 Å². The monoisotopic (exact) mass is 762 g/mol. The van der Waals surface area contributed by atoms with Gasteiger partial charge in [0.25, 0.3) is 5.91 Å². The van der Waals surface area contributed by atoms with E-state index < -0.39 is 21.5 Å². The van der Waals surface area contributed by atoms with Gasteiger partial charge >= 0.3 is 10.2 Å². The Morgan fingerprint density at radius 1 is 0.926 bits per heavy atom. The second-order valence-electron chi connectivity index (χ2n) is 16.3. The molecular weight excluding hydrogens is 709 g/mol. The van der Waals surface area contributed by atoms with Gasteiger partial charge in [-0.2, -0.15) is 12.7 Å². The third-order valence-electron chi connectivity index (χ3n) is 11.9. The highest BCUT2D eigenvalue weighted by atomic mass is 32.2. The van der Waals surface area contributed by atoms with E-state index in [4.69, 9.17) is 9.47 Å². The molecular formula is C40H54N6O7S. The van der Waals surface area contributed by atoms with Crippen molar-refractivity contribution in [2.45, 2.75) is 76.5 Å². The van der Waals surface area contributed by atoms with E-state index in [9.17, 15) is 18.0 Å². The van der Waals surface area contributed by atoms with Gasteiger partial charge in [0.1, 0.15) is 5.75 Å². The van der Waals surface area contributed by atoms with Gasteiger partial charge in [-0.25, -0.2) is 4.72 Å². The van der Waals surface area contributed by atoms with E-state index in [1.807, 2.05) is 54.8 Å². The molecule has 1 N–H and O–H groups in total. The van der Waals surface area contributed by atoms with Gasteiger partial charge in [0, 0.05) is 74.8 Å². The summed E-state index contributed by atoms with van der Waals surface area (Å²) in [6.07, 6.45) is 5.12. The number of likely N-dealkylation sites (tertiary alicyclic amines) is 1. The molecule has 3 aromatic rings. The molecule has 292 valence electrons. The minimum absolute atomic E-state index is 0.0247. The predicted molar refractivity (Wildman–Crippen MR) is 207 cm³/mol. The predicted octanol–water partition coefficient (Wildman–Crippen LogP) is 4.02. The fourth-order valence-electron chi connectivity index (χ4n) is 9.47. The quantitative estimate of drug-likeness (QED) is 0.364. The molecule has 2 aromatic carbocycles. The highest BCUT2D eigenvalue weighted by Gasteiger charge is 2.58. The highest BCUT2D eigenvalue weighted by molar-refractivity contribution is 7.87. The largest absolute Gasteiger partial charge is 0.497 e. The Hall–Kier alpha value is -3.98. The van der Waals surface area contributed by atoms with E-state index >= 15 is 4.79 Å². The molecule has 1 saturated carbocycles. The average Bonchev–Trinajstić information content (AvgIpc) is 3.63. The lowest BCUT2D eigenvalue weighted by Crippen LogP contribution is -2.56. The molecule has 3 aliphatic heterocycles. The number of likely N-dealkylation sites (N-methyl/N-ethyl adjacent to an activating group) is 1. The number of hydrogen-bond donors (Lipinski definition) is 1. The number of hydrogen-bond acceptors (Lipinski definition) is 8. The lowest BCUT2D eigenvalue weighted by molar-refractivity contribution is -0.155. The number of rotatable bonds is 8. The molecule has 4 heterocycles. The second kappa shape index (κ2) is 14.6. The Morgan fingerprint density at radius 2 is 1.63 bits per heavy atom. The zero-order valence-electron chi connectivity index (χ0n) is 32.6. The summed E-state index contributed by atoms with van der Waals surface area (Å²) < 4.78 is 42.7. The summed E-state index contributed by atoms with van der Waals surface area (Å²) in [7, 11) is 4.07. The Morgan fingerprint density at radius 3 is 2.28 bits per heavy atom. The number of carbonyl (C=O) groups excluding carboxylic acids is 3. The number of amides is 3. The number of ether oxygens (including phenoxy) is 2. The van der Waals surface area contributed by atoms with Gasteiger partial charge in [-0.3, -0.25) is 14.4 Å². The minimum Gasteiger partial charge on any atom is -0.497 e. The van der Waals surface area contributed by atoms with Crippen molar-refractivity contribution in [1.82, 2.24) is 28.3 Å². The number of morpholine rings is 1. The number of benzene rings is 2. The summed E-state index contributed by atoms with van der Waals surface area (Å²) in [6, 6.07) is 11.5. The van der Waals surface area contributed by atoms with Crippen molar-refractivity contribution in [2.24, 2.45) is 5.41 Å². The molecule has 13 nitrogen and oxygen atoms in total. The smallest absolute Gasteiger partial charge is 0.303 e. The number of aromatic nitrogens is 1. The van der Waals surface area contributed by atoms with Gasteiger partial charge in [-0.1, -0.05) is 25.3 Å². The fraction of sp³-hybridized carbons (Fsp3) is 0.575. The summed E-state index contributed by atoms with van der Waals surface area (Å²) in [5.74, 6) is -0.240. The molecule has 1 aliphatic carbocycles. The van der Waals surface area contributed by atoms with E-state index in [-0.39, 0.29) is 61.1 Å². The van der Waals surface area contributed by atoms with Crippen molar-refractivity contribution < 1.29 is 32.3 Å². The van der Waals surface area contributed by atoms with E-state index in [0.29, 0.717) is 25.4 Å². The number of methoxy groups -OCH3 is 1. The van der Waals surface area contributed by atoms with E-state index in [1.165, 1.54) is 26.1 Å². The molecule has 3 amide bonds. The van der Waals surface area contributed by atoms with Gasteiger partial charge in [-0.15, -0.1) is 0 Å². The number of carbonyl (C=O) groups is 3. The van der Waals surface area contributed by atoms with Crippen LogP contribution in [-0.2, 0) is 31.1 Å². The lowest BCUT2D eigenvalue weighted by Gasteiger charge is -2.42. The van der Waals surface area contributed by atoms with Gasteiger partial charge in [0.15, 0.2) is 0 Å². The standard InChI is InChI=1S/C40H54N6O7S/c1-25-19-44(20-26(2)53-25)39(49)40-23-45(35(47)22-42(3)4)21-33(40)32-18-29(52-7)14-16-30(32)37-36(27-11-9-8-10-12-27)31-15-13-28(17-34(31)46(37)24-40)38(48)41-54(50,51)43(5)6/h13-18,25-27,33H,8-12,19-24H2,1-7H3,(H,41,48)/t25-,26+,33-,40+/m1/s1. The zero-order chi connectivity index (χ0) is 38.7. The Balaban J connectivity index is 1.50.